The number of hydrogen-bond donors (Lipinski definition) is 0. The van der Waals surface area contributed by atoms with E-state index in [1.807, 2.05) is 26.0 Å². The lowest BCUT2D eigenvalue weighted by Crippen LogP contribution is -1.80. The Hall–Kier alpha value is -1.57. The van der Waals surface area contributed by atoms with Gasteiger partial charge >= 0.3 is 0 Å². The molecule has 0 fully saturated rings. The van der Waals surface area contributed by atoms with Gasteiger partial charge in [0.05, 0.1) is 5.56 Å². The number of furan rings is 1. The molecule has 2 rings (SSSR count). The highest BCUT2D eigenvalue weighted by Crippen LogP contribution is 2.24. The fourth-order valence-electron chi connectivity index (χ4n) is 1.60. The standard InChI is InChI=1S/C11H10O2/c1-7-3-8(2)11-10(4-7)9(5-12)6-13-11/h3-6H,1-2H3. The number of benzene rings is 1. The van der Waals surface area contributed by atoms with Gasteiger partial charge in [-0.15, -0.1) is 0 Å². The average Bonchev–Trinajstić information content (AvgIpc) is 2.47. The van der Waals surface area contributed by atoms with Gasteiger partial charge in [0.15, 0.2) is 6.29 Å². The topological polar surface area (TPSA) is 30.2 Å². The third-order valence-corrected chi connectivity index (χ3v) is 2.16. The molecular formula is C11H10O2. The Morgan fingerprint density at radius 3 is 2.77 bits per heavy atom. The van der Waals surface area contributed by atoms with Crippen LogP contribution in [0.2, 0.25) is 0 Å². The summed E-state index contributed by atoms with van der Waals surface area (Å²) in [6.45, 7) is 3.99. The van der Waals surface area contributed by atoms with Crippen molar-refractivity contribution in [2.45, 2.75) is 13.8 Å². The minimum Gasteiger partial charge on any atom is -0.463 e. The number of fused-ring (bicyclic) bond motifs is 1. The van der Waals surface area contributed by atoms with Crippen molar-refractivity contribution in [3.8, 4) is 0 Å². The van der Waals surface area contributed by atoms with Crippen LogP contribution in [0.4, 0.5) is 0 Å². The van der Waals surface area contributed by atoms with Gasteiger partial charge in [0, 0.05) is 5.39 Å². The molecule has 1 aromatic heterocycles. The normalized spacial score (nSPS) is 10.6. The first kappa shape index (κ1) is 8.05. The molecule has 2 aromatic rings. The summed E-state index contributed by atoms with van der Waals surface area (Å²) in [5, 5.41) is 0.910. The van der Waals surface area contributed by atoms with E-state index in [0.717, 1.165) is 28.4 Å². The summed E-state index contributed by atoms with van der Waals surface area (Å²) in [6, 6.07) is 4.01. The fourth-order valence-corrected chi connectivity index (χ4v) is 1.60. The zero-order valence-corrected chi connectivity index (χ0v) is 7.63. The molecule has 0 aliphatic heterocycles. The van der Waals surface area contributed by atoms with E-state index in [9.17, 15) is 4.79 Å². The van der Waals surface area contributed by atoms with Gasteiger partial charge in [-0.05, 0) is 31.0 Å². The lowest BCUT2D eigenvalue weighted by atomic mass is 10.1. The van der Waals surface area contributed by atoms with E-state index < -0.39 is 0 Å². The van der Waals surface area contributed by atoms with Crippen LogP contribution < -0.4 is 0 Å². The van der Waals surface area contributed by atoms with E-state index in [-0.39, 0.29) is 0 Å². The summed E-state index contributed by atoms with van der Waals surface area (Å²) >= 11 is 0. The molecule has 0 saturated heterocycles. The maximum Gasteiger partial charge on any atom is 0.153 e. The highest BCUT2D eigenvalue weighted by atomic mass is 16.3. The zero-order chi connectivity index (χ0) is 9.42. The van der Waals surface area contributed by atoms with E-state index in [1.165, 1.54) is 6.26 Å². The van der Waals surface area contributed by atoms with Crippen LogP contribution in [-0.4, -0.2) is 6.29 Å². The second kappa shape index (κ2) is 2.73. The summed E-state index contributed by atoms with van der Waals surface area (Å²) in [4.78, 5) is 10.6. The van der Waals surface area contributed by atoms with Crippen LogP contribution in [0.3, 0.4) is 0 Å². The van der Waals surface area contributed by atoms with Crippen molar-refractivity contribution in [2.24, 2.45) is 0 Å². The van der Waals surface area contributed by atoms with Gasteiger partial charge in [-0.25, -0.2) is 0 Å². The molecule has 0 amide bonds. The summed E-state index contributed by atoms with van der Waals surface area (Å²) in [6.07, 6.45) is 2.33. The molecule has 2 nitrogen and oxygen atoms in total. The Labute approximate surface area is 76.2 Å². The maximum absolute atomic E-state index is 10.6. The SMILES string of the molecule is Cc1cc(C)c2occ(C=O)c2c1. The number of hydrogen-bond acceptors (Lipinski definition) is 2. The highest BCUT2D eigenvalue weighted by Gasteiger charge is 2.07. The third kappa shape index (κ3) is 1.15. The Bertz CT molecular complexity index is 466. The summed E-state index contributed by atoms with van der Waals surface area (Å²) < 4.78 is 5.29. The molecule has 66 valence electrons. The molecule has 0 aliphatic rings. The van der Waals surface area contributed by atoms with Crippen molar-refractivity contribution in [3.05, 3.63) is 35.1 Å². The quantitative estimate of drug-likeness (QED) is 0.622. The van der Waals surface area contributed by atoms with Gasteiger partial charge in [-0.3, -0.25) is 4.79 Å². The maximum atomic E-state index is 10.6. The Kier molecular flexibility index (Phi) is 1.69. The van der Waals surface area contributed by atoms with Crippen molar-refractivity contribution >= 4 is 17.3 Å². The van der Waals surface area contributed by atoms with Gasteiger partial charge in [0.1, 0.15) is 11.8 Å². The average molecular weight is 174 g/mol. The molecular weight excluding hydrogens is 164 g/mol. The Morgan fingerprint density at radius 1 is 1.31 bits per heavy atom. The Balaban J connectivity index is 2.89. The van der Waals surface area contributed by atoms with Crippen molar-refractivity contribution < 1.29 is 9.21 Å². The van der Waals surface area contributed by atoms with Gasteiger partial charge < -0.3 is 4.42 Å². The van der Waals surface area contributed by atoms with Crippen LogP contribution in [0.25, 0.3) is 11.0 Å². The van der Waals surface area contributed by atoms with Crippen LogP contribution >= 0.6 is 0 Å². The number of carbonyl (C=O) groups is 1. The number of carbonyl (C=O) groups excluding carboxylic acids is 1. The second-order valence-electron chi connectivity index (χ2n) is 3.27. The van der Waals surface area contributed by atoms with Crippen LogP contribution in [-0.2, 0) is 0 Å². The van der Waals surface area contributed by atoms with Crippen molar-refractivity contribution in [1.82, 2.24) is 0 Å². The first-order valence-electron chi connectivity index (χ1n) is 4.16. The third-order valence-electron chi connectivity index (χ3n) is 2.16. The molecule has 0 spiro atoms. The number of rotatable bonds is 1. The second-order valence-corrected chi connectivity index (χ2v) is 3.27. The van der Waals surface area contributed by atoms with Gasteiger partial charge in [0.2, 0.25) is 0 Å². The van der Waals surface area contributed by atoms with E-state index in [1.54, 1.807) is 0 Å². The molecule has 0 aliphatic carbocycles. The molecule has 0 saturated carbocycles. The predicted octanol–water partition coefficient (Wildman–Crippen LogP) is 2.86. The zero-order valence-electron chi connectivity index (χ0n) is 7.63. The van der Waals surface area contributed by atoms with Crippen LogP contribution in [0.1, 0.15) is 21.5 Å². The fraction of sp³-hybridized carbons (Fsp3) is 0.182. The predicted molar refractivity (Wildman–Crippen MR) is 51.1 cm³/mol. The van der Waals surface area contributed by atoms with E-state index >= 15 is 0 Å². The summed E-state index contributed by atoms with van der Waals surface area (Å²) in [5.74, 6) is 0. The first-order chi connectivity index (χ1) is 6.22. The number of aryl methyl sites for hydroxylation is 2. The lowest BCUT2D eigenvalue weighted by molar-refractivity contribution is 0.112. The Morgan fingerprint density at radius 2 is 2.08 bits per heavy atom. The molecule has 13 heavy (non-hydrogen) atoms. The summed E-state index contributed by atoms with van der Waals surface area (Å²) in [5.41, 5.74) is 3.66. The minimum atomic E-state index is 0.627. The van der Waals surface area contributed by atoms with E-state index in [4.69, 9.17) is 4.42 Å². The monoisotopic (exact) mass is 174 g/mol. The van der Waals surface area contributed by atoms with Gasteiger partial charge in [0.25, 0.3) is 0 Å². The number of aldehydes is 1. The van der Waals surface area contributed by atoms with Gasteiger partial charge in [-0.2, -0.15) is 0 Å². The van der Waals surface area contributed by atoms with E-state index in [0.29, 0.717) is 5.56 Å². The molecule has 1 heterocycles. The van der Waals surface area contributed by atoms with Crippen LogP contribution in [0.15, 0.2) is 22.8 Å². The minimum absolute atomic E-state index is 0.627. The van der Waals surface area contributed by atoms with Crippen LogP contribution in [0, 0.1) is 13.8 Å². The molecule has 1 aromatic carbocycles. The molecule has 0 atom stereocenters. The van der Waals surface area contributed by atoms with Crippen molar-refractivity contribution in [2.75, 3.05) is 0 Å². The molecule has 0 bridgehead atoms. The van der Waals surface area contributed by atoms with Gasteiger partial charge in [-0.1, -0.05) is 6.07 Å². The first-order valence-corrected chi connectivity index (χ1v) is 4.16. The van der Waals surface area contributed by atoms with Crippen molar-refractivity contribution in [3.63, 3.8) is 0 Å². The van der Waals surface area contributed by atoms with Crippen molar-refractivity contribution in [1.29, 1.82) is 0 Å². The molecule has 0 N–H and O–H groups in total. The van der Waals surface area contributed by atoms with E-state index in [2.05, 4.69) is 0 Å². The molecule has 0 unspecified atom stereocenters. The largest absolute Gasteiger partial charge is 0.463 e. The molecule has 0 radical (unpaired) electrons. The molecule has 2 heteroatoms. The highest BCUT2D eigenvalue weighted by molar-refractivity contribution is 5.97. The lowest BCUT2D eigenvalue weighted by Gasteiger charge is -1.97. The summed E-state index contributed by atoms with van der Waals surface area (Å²) in [7, 11) is 0. The van der Waals surface area contributed by atoms with Crippen LogP contribution in [0.5, 0.6) is 0 Å². The smallest absolute Gasteiger partial charge is 0.153 e.